The lowest BCUT2D eigenvalue weighted by molar-refractivity contribution is 0.0170. The Morgan fingerprint density at radius 3 is 2.42 bits per heavy atom. The number of rotatable bonds is 5. The van der Waals surface area contributed by atoms with E-state index in [9.17, 15) is 21.6 Å². The maximum Gasteiger partial charge on any atom is 0.273 e. The lowest BCUT2D eigenvalue weighted by Gasteiger charge is -2.14. The van der Waals surface area contributed by atoms with Crippen LogP contribution in [0.15, 0.2) is 27.6 Å². The first-order valence-electron chi connectivity index (χ1n) is 4.70. The zero-order valence-electron chi connectivity index (χ0n) is 9.37. The van der Waals surface area contributed by atoms with Gasteiger partial charge in [-0.25, -0.2) is 26.3 Å². The van der Waals surface area contributed by atoms with Crippen molar-refractivity contribution < 1.29 is 21.6 Å². The van der Waals surface area contributed by atoms with Gasteiger partial charge in [0, 0.05) is 0 Å². The fourth-order valence-electron chi connectivity index (χ4n) is 1.00. The zero-order chi connectivity index (χ0) is 14.0. The summed E-state index contributed by atoms with van der Waals surface area (Å²) in [6, 6.07) is 2.99. The van der Waals surface area contributed by atoms with Gasteiger partial charge in [-0.2, -0.15) is 0 Å². The van der Waals surface area contributed by atoms with Crippen LogP contribution in [0.2, 0.25) is 0 Å². The predicted octanol–water partition coefficient (Wildman–Crippen LogP) is 1.88. The number of alkyl halides is 2. The Labute approximate surface area is 123 Å². The van der Waals surface area contributed by atoms with Gasteiger partial charge >= 0.3 is 0 Å². The topological polar surface area (TPSA) is 72.2 Å². The van der Waals surface area contributed by atoms with Crippen molar-refractivity contribution in [3.05, 3.63) is 28.5 Å². The molecule has 0 spiro atoms. The molecule has 0 saturated heterocycles. The highest BCUT2D eigenvalue weighted by Crippen LogP contribution is 2.19. The van der Waals surface area contributed by atoms with Crippen molar-refractivity contribution in [1.29, 1.82) is 0 Å². The SMILES string of the molecule is Cl.NCC(F)(F)CNS(=O)(=O)c1ccc(Br)c(F)c1. The summed E-state index contributed by atoms with van der Waals surface area (Å²) in [5, 5.41) is 0. The van der Waals surface area contributed by atoms with Crippen molar-refractivity contribution in [3.63, 3.8) is 0 Å². The summed E-state index contributed by atoms with van der Waals surface area (Å²) in [6.45, 7) is -2.12. The molecule has 0 aliphatic heterocycles. The van der Waals surface area contributed by atoms with Gasteiger partial charge in [0.1, 0.15) is 5.82 Å². The molecule has 110 valence electrons. The smallest absolute Gasteiger partial charge is 0.273 e. The molecule has 3 N–H and O–H groups in total. The molecule has 0 aliphatic rings. The van der Waals surface area contributed by atoms with Crippen LogP contribution in [0, 0.1) is 5.82 Å². The summed E-state index contributed by atoms with van der Waals surface area (Å²) in [6.07, 6.45) is 0. The zero-order valence-corrected chi connectivity index (χ0v) is 12.6. The van der Waals surface area contributed by atoms with Crippen molar-refractivity contribution in [2.75, 3.05) is 13.1 Å². The molecule has 0 radical (unpaired) electrons. The summed E-state index contributed by atoms with van der Waals surface area (Å²) in [7, 11) is -4.19. The van der Waals surface area contributed by atoms with Crippen LogP contribution in [0.3, 0.4) is 0 Å². The Kier molecular flexibility index (Phi) is 6.76. The third-order valence-electron chi connectivity index (χ3n) is 2.02. The van der Waals surface area contributed by atoms with E-state index in [1.54, 1.807) is 4.72 Å². The Hall–Kier alpha value is -0.350. The first kappa shape index (κ1) is 18.7. The van der Waals surface area contributed by atoms with Gasteiger partial charge in [-0.3, -0.25) is 0 Å². The average molecular weight is 384 g/mol. The van der Waals surface area contributed by atoms with Crippen molar-refractivity contribution in [2.24, 2.45) is 5.73 Å². The van der Waals surface area contributed by atoms with E-state index in [0.717, 1.165) is 12.1 Å². The van der Waals surface area contributed by atoms with Crippen molar-refractivity contribution >= 4 is 38.4 Å². The number of sulfonamides is 1. The van der Waals surface area contributed by atoms with Crippen LogP contribution in [0.1, 0.15) is 0 Å². The lowest BCUT2D eigenvalue weighted by atomic mass is 10.3. The number of benzene rings is 1. The monoisotopic (exact) mass is 382 g/mol. The van der Waals surface area contributed by atoms with Crippen LogP contribution >= 0.6 is 28.3 Å². The number of halogens is 5. The highest BCUT2D eigenvalue weighted by atomic mass is 79.9. The average Bonchev–Trinajstić information content (AvgIpc) is 2.30. The minimum Gasteiger partial charge on any atom is -0.325 e. The van der Waals surface area contributed by atoms with Gasteiger partial charge < -0.3 is 5.73 Å². The summed E-state index contributed by atoms with van der Waals surface area (Å²) in [5.74, 6) is -4.15. The van der Waals surface area contributed by atoms with E-state index >= 15 is 0 Å². The van der Waals surface area contributed by atoms with Crippen molar-refractivity contribution in [2.45, 2.75) is 10.8 Å². The molecule has 0 unspecified atom stereocenters. The van der Waals surface area contributed by atoms with Gasteiger partial charge in [0.2, 0.25) is 10.0 Å². The van der Waals surface area contributed by atoms with E-state index < -0.39 is 39.7 Å². The molecule has 0 aliphatic carbocycles. The molecule has 1 rings (SSSR count). The van der Waals surface area contributed by atoms with Gasteiger partial charge in [-0.15, -0.1) is 12.4 Å². The summed E-state index contributed by atoms with van der Waals surface area (Å²) < 4.78 is 63.7. The van der Waals surface area contributed by atoms with Gasteiger partial charge in [-0.1, -0.05) is 0 Å². The summed E-state index contributed by atoms with van der Waals surface area (Å²) in [5.41, 5.74) is 4.77. The van der Waals surface area contributed by atoms with E-state index in [2.05, 4.69) is 15.9 Å². The molecule has 0 saturated carbocycles. The molecule has 0 heterocycles. The molecule has 10 heteroatoms. The van der Waals surface area contributed by atoms with Crippen LogP contribution in [-0.4, -0.2) is 27.4 Å². The van der Waals surface area contributed by atoms with E-state index in [-0.39, 0.29) is 16.9 Å². The third-order valence-corrected chi connectivity index (χ3v) is 4.06. The fraction of sp³-hybridized carbons (Fsp3) is 0.333. The molecule has 1 aromatic rings. The number of nitrogens with two attached hydrogens (primary N) is 1. The maximum absolute atomic E-state index is 13.1. The lowest BCUT2D eigenvalue weighted by Crippen LogP contribution is -2.41. The van der Waals surface area contributed by atoms with Crippen LogP contribution in [-0.2, 0) is 10.0 Å². The van der Waals surface area contributed by atoms with Crippen LogP contribution in [0.4, 0.5) is 13.2 Å². The molecule has 0 atom stereocenters. The van der Waals surface area contributed by atoms with Crippen LogP contribution in [0.25, 0.3) is 0 Å². The van der Waals surface area contributed by atoms with E-state index in [1.807, 2.05) is 0 Å². The second-order valence-electron chi connectivity index (χ2n) is 3.46. The van der Waals surface area contributed by atoms with Crippen LogP contribution < -0.4 is 10.5 Å². The second-order valence-corrected chi connectivity index (χ2v) is 6.08. The van der Waals surface area contributed by atoms with Crippen molar-refractivity contribution in [1.82, 2.24) is 4.72 Å². The van der Waals surface area contributed by atoms with E-state index in [1.165, 1.54) is 6.07 Å². The highest BCUT2D eigenvalue weighted by molar-refractivity contribution is 9.10. The molecule has 4 nitrogen and oxygen atoms in total. The second kappa shape index (κ2) is 6.89. The summed E-state index contributed by atoms with van der Waals surface area (Å²) in [4.78, 5) is -0.434. The van der Waals surface area contributed by atoms with Gasteiger partial charge in [0.05, 0.1) is 22.5 Å². The number of hydrogen-bond acceptors (Lipinski definition) is 3. The standard InChI is InChI=1S/C9H10BrF3N2O2S.ClH/c10-7-2-1-6(3-8(7)11)18(16,17)15-5-9(12,13)4-14;/h1-3,15H,4-5,14H2;1H. The van der Waals surface area contributed by atoms with Crippen molar-refractivity contribution in [3.8, 4) is 0 Å². The minimum atomic E-state index is -4.19. The van der Waals surface area contributed by atoms with E-state index in [4.69, 9.17) is 5.73 Å². The fourth-order valence-corrected chi connectivity index (χ4v) is 2.32. The first-order chi connectivity index (χ1) is 8.18. The molecule has 0 aromatic heterocycles. The highest BCUT2D eigenvalue weighted by Gasteiger charge is 2.29. The van der Waals surface area contributed by atoms with Crippen LogP contribution in [0.5, 0.6) is 0 Å². The largest absolute Gasteiger partial charge is 0.325 e. The van der Waals surface area contributed by atoms with E-state index in [0.29, 0.717) is 0 Å². The predicted molar refractivity (Wildman–Crippen MR) is 70.5 cm³/mol. The maximum atomic E-state index is 13.1. The normalized spacial score (nSPS) is 12.1. The molecule has 0 fully saturated rings. The molecular weight excluding hydrogens is 373 g/mol. The molecule has 1 aromatic carbocycles. The van der Waals surface area contributed by atoms with Gasteiger partial charge in [0.15, 0.2) is 0 Å². The molecular formula is C9H11BrClF3N2O2S. The quantitative estimate of drug-likeness (QED) is 0.815. The Morgan fingerprint density at radius 1 is 1.37 bits per heavy atom. The Balaban J connectivity index is 0.00000324. The minimum absolute atomic E-state index is 0. The number of nitrogens with one attached hydrogen (secondary N) is 1. The molecule has 0 bridgehead atoms. The first-order valence-corrected chi connectivity index (χ1v) is 6.98. The van der Waals surface area contributed by atoms with Gasteiger partial charge in [-0.05, 0) is 34.1 Å². The molecule has 0 amide bonds. The molecule has 19 heavy (non-hydrogen) atoms. The third kappa shape index (κ3) is 5.27. The summed E-state index contributed by atoms with van der Waals surface area (Å²) >= 11 is 2.85. The van der Waals surface area contributed by atoms with Gasteiger partial charge in [0.25, 0.3) is 5.92 Å². The number of hydrogen-bond donors (Lipinski definition) is 2. The Morgan fingerprint density at radius 2 is 1.95 bits per heavy atom. The Bertz CT molecular complexity index is 542.